The van der Waals surface area contributed by atoms with E-state index in [2.05, 4.69) is 59.1 Å². The SMILES string of the molecule is CN(C)[C@H]1CN(C2CCc3cccc(F)c32)C[C@@H]1c1ccc(N2CCN(C(=O)OC(C)(C)C)CC2)cc1. The molecule has 0 radical (unpaired) electrons. The van der Waals surface area contributed by atoms with Gasteiger partial charge in [0.1, 0.15) is 11.4 Å². The number of nitrogens with zero attached hydrogens (tertiary/aromatic N) is 4. The van der Waals surface area contributed by atoms with Gasteiger partial charge in [0, 0.05) is 68.5 Å². The Hall–Kier alpha value is -2.64. The summed E-state index contributed by atoms with van der Waals surface area (Å²) in [4.78, 5) is 21.4. The Balaban J connectivity index is 1.25. The van der Waals surface area contributed by atoms with Crippen LogP contribution in [0, 0.1) is 5.82 Å². The molecule has 1 amide bonds. The first-order valence-electron chi connectivity index (χ1n) is 13.6. The van der Waals surface area contributed by atoms with Crippen LogP contribution < -0.4 is 4.90 Å². The molecule has 1 unspecified atom stereocenters. The number of carbonyl (C=O) groups is 1. The van der Waals surface area contributed by atoms with Gasteiger partial charge in [-0.05, 0) is 77.0 Å². The molecular weight excluding hydrogens is 467 g/mol. The third-order valence-corrected chi connectivity index (χ3v) is 8.20. The molecule has 6 nitrogen and oxygen atoms in total. The zero-order valence-electron chi connectivity index (χ0n) is 22.9. The average molecular weight is 509 g/mol. The third-order valence-electron chi connectivity index (χ3n) is 8.20. The second-order valence-electron chi connectivity index (χ2n) is 12.0. The molecule has 7 heteroatoms. The van der Waals surface area contributed by atoms with Crippen LogP contribution >= 0.6 is 0 Å². The van der Waals surface area contributed by atoms with E-state index in [9.17, 15) is 9.18 Å². The van der Waals surface area contributed by atoms with Gasteiger partial charge in [-0.15, -0.1) is 0 Å². The second kappa shape index (κ2) is 10.3. The zero-order valence-corrected chi connectivity index (χ0v) is 22.9. The molecule has 2 saturated heterocycles. The molecule has 2 heterocycles. The molecule has 0 N–H and O–H groups in total. The number of aryl methyl sites for hydroxylation is 1. The second-order valence-corrected chi connectivity index (χ2v) is 12.0. The van der Waals surface area contributed by atoms with Crippen LogP contribution in [-0.2, 0) is 11.2 Å². The maximum absolute atomic E-state index is 14.8. The van der Waals surface area contributed by atoms with Gasteiger partial charge in [-0.3, -0.25) is 4.90 Å². The summed E-state index contributed by atoms with van der Waals surface area (Å²) in [5.41, 5.74) is 4.15. The van der Waals surface area contributed by atoms with Gasteiger partial charge in [-0.1, -0.05) is 24.3 Å². The highest BCUT2D eigenvalue weighted by atomic mass is 19.1. The normalized spacial score (nSPS) is 24.6. The minimum Gasteiger partial charge on any atom is -0.444 e. The lowest BCUT2D eigenvalue weighted by atomic mass is 9.93. The van der Waals surface area contributed by atoms with Crippen LogP contribution in [0.15, 0.2) is 42.5 Å². The van der Waals surface area contributed by atoms with E-state index in [0.717, 1.165) is 44.6 Å². The van der Waals surface area contributed by atoms with E-state index in [1.807, 2.05) is 26.8 Å². The van der Waals surface area contributed by atoms with Crippen molar-refractivity contribution in [2.75, 3.05) is 58.3 Å². The van der Waals surface area contributed by atoms with Crippen LogP contribution in [0.4, 0.5) is 14.9 Å². The predicted molar refractivity (Wildman–Crippen MR) is 146 cm³/mol. The maximum Gasteiger partial charge on any atom is 0.410 e. The number of amides is 1. The largest absolute Gasteiger partial charge is 0.444 e. The van der Waals surface area contributed by atoms with Crippen LogP contribution in [0.3, 0.4) is 0 Å². The molecule has 2 fully saturated rings. The molecule has 2 aromatic rings. The molecule has 0 spiro atoms. The van der Waals surface area contributed by atoms with Gasteiger partial charge in [-0.2, -0.15) is 0 Å². The fourth-order valence-electron chi connectivity index (χ4n) is 6.30. The third kappa shape index (κ3) is 5.48. The number of carbonyl (C=O) groups excluding carboxylic acids is 1. The van der Waals surface area contributed by atoms with Gasteiger partial charge >= 0.3 is 6.09 Å². The van der Waals surface area contributed by atoms with Crippen molar-refractivity contribution >= 4 is 11.8 Å². The fourth-order valence-corrected chi connectivity index (χ4v) is 6.30. The lowest BCUT2D eigenvalue weighted by Crippen LogP contribution is -2.50. The molecule has 3 aliphatic rings. The number of likely N-dealkylation sites (tertiary alicyclic amines) is 1. The van der Waals surface area contributed by atoms with E-state index in [4.69, 9.17) is 4.74 Å². The number of halogens is 1. The van der Waals surface area contributed by atoms with E-state index in [0.29, 0.717) is 25.0 Å². The van der Waals surface area contributed by atoms with E-state index < -0.39 is 5.60 Å². The van der Waals surface area contributed by atoms with Gasteiger partial charge in [0.05, 0.1) is 0 Å². The number of rotatable bonds is 4. The van der Waals surface area contributed by atoms with Crippen LogP contribution in [-0.4, -0.2) is 85.8 Å². The number of hydrogen-bond acceptors (Lipinski definition) is 5. The minimum absolute atomic E-state index is 0.0547. The van der Waals surface area contributed by atoms with Gasteiger partial charge in [0.25, 0.3) is 0 Å². The highest BCUT2D eigenvalue weighted by Crippen LogP contribution is 2.42. The van der Waals surface area contributed by atoms with Crippen LogP contribution in [0.25, 0.3) is 0 Å². The van der Waals surface area contributed by atoms with Crippen molar-refractivity contribution in [2.24, 2.45) is 0 Å². The van der Waals surface area contributed by atoms with Gasteiger partial charge in [0.15, 0.2) is 0 Å². The number of hydrogen-bond donors (Lipinski definition) is 0. The summed E-state index contributed by atoms with van der Waals surface area (Å²) in [7, 11) is 4.31. The Kier molecular flexibility index (Phi) is 7.20. The highest BCUT2D eigenvalue weighted by molar-refractivity contribution is 5.68. The summed E-state index contributed by atoms with van der Waals surface area (Å²) in [5, 5.41) is 0. The summed E-state index contributed by atoms with van der Waals surface area (Å²) in [6.45, 7) is 10.5. The smallest absolute Gasteiger partial charge is 0.410 e. The first-order chi connectivity index (χ1) is 17.6. The molecule has 1 aliphatic carbocycles. The lowest BCUT2D eigenvalue weighted by molar-refractivity contribution is 0.0240. The van der Waals surface area contributed by atoms with E-state index in [-0.39, 0.29) is 18.0 Å². The summed E-state index contributed by atoms with van der Waals surface area (Å²) in [5.74, 6) is 0.324. The van der Waals surface area contributed by atoms with Gasteiger partial charge < -0.3 is 19.4 Å². The Morgan fingerprint density at radius 3 is 2.35 bits per heavy atom. The molecule has 200 valence electrons. The van der Waals surface area contributed by atoms with Crippen molar-refractivity contribution in [3.8, 4) is 0 Å². The number of piperazine rings is 1. The van der Waals surface area contributed by atoms with Gasteiger partial charge in [0.2, 0.25) is 0 Å². The van der Waals surface area contributed by atoms with Crippen molar-refractivity contribution in [3.05, 3.63) is 65.0 Å². The molecule has 0 saturated carbocycles. The molecule has 0 aromatic heterocycles. The summed E-state index contributed by atoms with van der Waals surface area (Å²) >= 11 is 0. The lowest BCUT2D eigenvalue weighted by Gasteiger charge is -2.37. The molecule has 37 heavy (non-hydrogen) atoms. The van der Waals surface area contributed by atoms with E-state index in [1.165, 1.54) is 16.8 Å². The summed E-state index contributed by atoms with van der Waals surface area (Å²) in [6, 6.07) is 15.1. The quantitative estimate of drug-likeness (QED) is 0.588. The van der Waals surface area contributed by atoms with Crippen LogP contribution in [0.1, 0.15) is 55.8 Å². The molecule has 5 rings (SSSR count). The fraction of sp³-hybridized carbons (Fsp3) is 0.567. The predicted octanol–water partition coefficient (Wildman–Crippen LogP) is 4.90. The number of ether oxygens (including phenoxy) is 1. The van der Waals surface area contributed by atoms with Gasteiger partial charge in [-0.25, -0.2) is 9.18 Å². The zero-order chi connectivity index (χ0) is 26.3. The maximum atomic E-state index is 14.8. The topological polar surface area (TPSA) is 39.3 Å². The first-order valence-corrected chi connectivity index (χ1v) is 13.6. The molecule has 2 aliphatic heterocycles. The Morgan fingerprint density at radius 2 is 1.70 bits per heavy atom. The van der Waals surface area contributed by atoms with Crippen molar-refractivity contribution in [1.82, 2.24) is 14.7 Å². The number of likely N-dealkylation sites (N-methyl/N-ethyl adjacent to an activating group) is 1. The number of fused-ring (bicyclic) bond motifs is 1. The minimum atomic E-state index is -0.473. The monoisotopic (exact) mass is 508 g/mol. The van der Waals surface area contributed by atoms with Crippen molar-refractivity contribution in [1.29, 1.82) is 0 Å². The Morgan fingerprint density at radius 1 is 1.00 bits per heavy atom. The van der Waals surface area contributed by atoms with Crippen molar-refractivity contribution in [2.45, 2.75) is 57.2 Å². The standard InChI is InChI=1S/C30H41FN4O2/c1-30(2,3)37-29(36)34-17-15-33(16-18-34)23-12-9-21(10-13-23)24-19-35(20-27(24)32(4)5)26-14-11-22-7-6-8-25(31)28(22)26/h6-10,12-13,24,26-27H,11,14-20H2,1-5H3/t24-,26?,27+/m1/s1. The first kappa shape index (κ1) is 26.0. The highest BCUT2D eigenvalue weighted by Gasteiger charge is 2.41. The molecule has 3 atom stereocenters. The molecule has 2 aromatic carbocycles. The Bertz CT molecular complexity index is 1110. The Labute approximate surface area is 221 Å². The summed E-state index contributed by atoms with van der Waals surface area (Å²) < 4.78 is 20.3. The summed E-state index contributed by atoms with van der Waals surface area (Å²) in [6.07, 6.45) is 1.73. The van der Waals surface area contributed by atoms with Crippen molar-refractivity contribution in [3.63, 3.8) is 0 Å². The number of anilines is 1. The van der Waals surface area contributed by atoms with E-state index in [1.54, 1.807) is 11.0 Å². The molecular formula is C30H41FN4O2. The van der Waals surface area contributed by atoms with Crippen LogP contribution in [0.5, 0.6) is 0 Å². The number of benzene rings is 2. The average Bonchev–Trinajstić information content (AvgIpc) is 3.49. The van der Waals surface area contributed by atoms with E-state index >= 15 is 0 Å². The van der Waals surface area contributed by atoms with Crippen LogP contribution in [0.2, 0.25) is 0 Å². The molecule has 0 bridgehead atoms. The van der Waals surface area contributed by atoms with Crippen molar-refractivity contribution < 1.29 is 13.9 Å².